The summed E-state index contributed by atoms with van der Waals surface area (Å²) in [5, 5.41) is 0. The lowest BCUT2D eigenvalue weighted by Crippen LogP contribution is -2.21. The Hall–Kier alpha value is -3.04. The maximum Gasteiger partial charge on any atom is 0.302 e. The molecule has 3 rings (SSSR count). The van der Waals surface area contributed by atoms with Gasteiger partial charge in [0.05, 0.1) is 16.2 Å². The van der Waals surface area contributed by atoms with E-state index >= 15 is 0 Å². The number of rotatable bonds is 9. The van der Waals surface area contributed by atoms with E-state index in [-0.39, 0.29) is 12.3 Å². The number of nitrogens with zero attached hydrogens (tertiary/aromatic N) is 1. The first kappa shape index (κ1) is 25.6. The van der Waals surface area contributed by atoms with Crippen LogP contribution in [0.15, 0.2) is 48.5 Å². The van der Waals surface area contributed by atoms with Crippen LogP contribution < -0.4 is 4.72 Å². The van der Waals surface area contributed by atoms with Gasteiger partial charge < -0.3 is 9.30 Å². The third-order valence-corrected chi connectivity index (χ3v) is 7.09. The van der Waals surface area contributed by atoms with Crippen molar-refractivity contribution in [2.75, 3.05) is 17.1 Å². The number of carbonyl (C=O) groups is 1. The molecule has 0 fully saturated rings. The van der Waals surface area contributed by atoms with Crippen molar-refractivity contribution in [2.45, 2.75) is 27.2 Å². The van der Waals surface area contributed by atoms with Gasteiger partial charge in [0, 0.05) is 26.1 Å². The molecule has 180 valence electrons. The maximum atomic E-state index is 14.8. The van der Waals surface area contributed by atoms with Crippen LogP contribution in [0.5, 0.6) is 0 Å². The second-order valence-corrected chi connectivity index (χ2v) is 10.4. The second-order valence-electron chi connectivity index (χ2n) is 8.17. The van der Waals surface area contributed by atoms with Gasteiger partial charge in [0.25, 0.3) is 0 Å². The van der Waals surface area contributed by atoms with Gasteiger partial charge in [-0.1, -0.05) is 48.1 Å². The molecule has 0 aliphatic heterocycles. The number of benzene rings is 2. The Balaban J connectivity index is 1.76. The molecule has 2 aromatic carbocycles. The smallest absolute Gasteiger partial charge is 0.302 e. The summed E-state index contributed by atoms with van der Waals surface area (Å²) in [6.45, 7) is 4.92. The van der Waals surface area contributed by atoms with Gasteiger partial charge in [0.2, 0.25) is 10.0 Å². The van der Waals surface area contributed by atoms with Crippen LogP contribution >= 0.6 is 12.2 Å². The fourth-order valence-corrected chi connectivity index (χ4v) is 4.97. The van der Waals surface area contributed by atoms with Crippen molar-refractivity contribution < 1.29 is 22.3 Å². The molecule has 0 saturated heterocycles. The molecule has 0 unspecified atom stereocenters. The molecule has 0 saturated carbocycles. The zero-order chi connectivity index (χ0) is 25.0. The molecular weight excluding hydrogens is 475 g/mol. The quantitative estimate of drug-likeness (QED) is 0.266. The molecule has 0 radical (unpaired) electrons. The number of carbonyl (C=O) groups excluding carboxylic acids is 1. The molecule has 3 aromatic rings. The van der Waals surface area contributed by atoms with E-state index in [9.17, 15) is 17.6 Å². The number of aromatic nitrogens is 1. The van der Waals surface area contributed by atoms with Crippen molar-refractivity contribution in [1.82, 2.24) is 4.57 Å². The van der Waals surface area contributed by atoms with Crippen molar-refractivity contribution in [2.24, 2.45) is 7.05 Å². The molecule has 34 heavy (non-hydrogen) atoms. The fourth-order valence-electron chi connectivity index (χ4n) is 3.64. The summed E-state index contributed by atoms with van der Waals surface area (Å²) >= 11 is 5.73. The summed E-state index contributed by atoms with van der Waals surface area (Å²) in [7, 11) is -1.87. The third kappa shape index (κ3) is 6.30. The zero-order valence-electron chi connectivity index (χ0n) is 19.5. The number of esters is 1. The first-order valence-electron chi connectivity index (χ1n) is 10.7. The normalized spacial score (nSPS) is 11.3. The second kappa shape index (κ2) is 10.5. The molecule has 0 amide bonds. The van der Waals surface area contributed by atoms with Gasteiger partial charge >= 0.3 is 5.97 Å². The number of hydrogen-bond acceptors (Lipinski definition) is 5. The molecule has 0 bridgehead atoms. The van der Waals surface area contributed by atoms with E-state index in [1.165, 1.54) is 13.0 Å². The molecule has 0 aliphatic carbocycles. The summed E-state index contributed by atoms with van der Waals surface area (Å²) in [5.74, 6) is -1.51. The molecule has 9 heteroatoms. The first-order chi connectivity index (χ1) is 16.0. The summed E-state index contributed by atoms with van der Waals surface area (Å²) in [6.07, 6.45) is 0.319. The molecular formula is C25H27FN2O4S2. The van der Waals surface area contributed by atoms with Crippen LogP contribution in [-0.4, -0.2) is 36.2 Å². The predicted octanol–water partition coefficient (Wildman–Crippen LogP) is 4.44. The Morgan fingerprint density at radius 2 is 1.79 bits per heavy atom. The Kier molecular flexibility index (Phi) is 7.89. The average Bonchev–Trinajstić information content (AvgIpc) is 3.02. The van der Waals surface area contributed by atoms with Crippen molar-refractivity contribution >= 4 is 38.8 Å². The van der Waals surface area contributed by atoms with Gasteiger partial charge in [0.1, 0.15) is 18.2 Å². The van der Waals surface area contributed by atoms with Crippen LogP contribution in [-0.2, 0) is 33.0 Å². The number of hydrogen-bond donors (Lipinski definition) is 1. The summed E-state index contributed by atoms with van der Waals surface area (Å²) < 4.78 is 48.0. The lowest BCUT2D eigenvalue weighted by molar-refractivity contribution is -0.140. The number of nitrogens with one attached hydrogen (secondary N) is 1. The number of halogens is 1. The molecule has 1 heterocycles. The third-order valence-electron chi connectivity index (χ3n) is 5.41. The molecule has 0 spiro atoms. The Labute approximate surface area is 204 Å². The minimum Gasteiger partial charge on any atom is -0.465 e. The van der Waals surface area contributed by atoms with Crippen molar-refractivity contribution in [3.05, 3.63) is 88.0 Å². The lowest BCUT2D eigenvalue weighted by atomic mass is 10.1. The van der Waals surface area contributed by atoms with Crippen molar-refractivity contribution in [3.63, 3.8) is 0 Å². The van der Waals surface area contributed by atoms with Crippen LogP contribution in [0.25, 0.3) is 0 Å². The van der Waals surface area contributed by atoms with Crippen molar-refractivity contribution in [1.29, 1.82) is 0 Å². The lowest BCUT2D eigenvalue weighted by Gasteiger charge is -2.12. The van der Waals surface area contributed by atoms with Gasteiger partial charge in [-0.3, -0.25) is 9.52 Å². The first-order valence-corrected chi connectivity index (χ1v) is 12.7. The van der Waals surface area contributed by atoms with E-state index in [1.54, 1.807) is 6.07 Å². The van der Waals surface area contributed by atoms with Gasteiger partial charge in [-0.15, -0.1) is 0 Å². The van der Waals surface area contributed by atoms with Gasteiger partial charge in [-0.05, 0) is 48.7 Å². The largest absolute Gasteiger partial charge is 0.465 e. The van der Waals surface area contributed by atoms with Crippen LogP contribution in [0.4, 0.5) is 10.1 Å². The van der Waals surface area contributed by atoms with Crippen LogP contribution in [0, 0.1) is 19.7 Å². The number of sulfonamides is 1. The highest BCUT2D eigenvalue weighted by Gasteiger charge is 2.17. The van der Waals surface area contributed by atoms with E-state index in [1.807, 2.05) is 55.8 Å². The highest BCUT2D eigenvalue weighted by Crippen LogP contribution is 2.24. The van der Waals surface area contributed by atoms with Crippen LogP contribution in [0.3, 0.4) is 0 Å². The number of aryl methyl sites for hydroxylation is 2. The molecule has 0 aliphatic rings. The monoisotopic (exact) mass is 502 g/mol. The molecule has 6 nitrogen and oxygen atoms in total. The number of ether oxygens (including phenoxy) is 1. The zero-order valence-corrected chi connectivity index (χ0v) is 21.1. The number of thiocarbonyl (C=S) groups is 1. The average molecular weight is 503 g/mol. The van der Waals surface area contributed by atoms with E-state index in [4.69, 9.17) is 12.2 Å². The predicted molar refractivity (Wildman–Crippen MR) is 135 cm³/mol. The standard InChI is InChI=1S/C25H27FN2O4S2/c1-16-5-7-19(8-6-16)25(33)24-17(2)13-22(28(24)4)14-20-9-10-21(15-23(20)26)27-34(30,31)12-11-32-18(3)29/h5-10,13,15,27H,11-12,14H2,1-4H3. The van der Waals surface area contributed by atoms with Crippen LogP contribution in [0.1, 0.15) is 40.6 Å². The van der Waals surface area contributed by atoms with E-state index in [2.05, 4.69) is 9.46 Å². The van der Waals surface area contributed by atoms with Crippen LogP contribution in [0.2, 0.25) is 0 Å². The van der Waals surface area contributed by atoms with Gasteiger partial charge in [-0.25, -0.2) is 12.8 Å². The molecule has 0 atom stereocenters. The topological polar surface area (TPSA) is 77.4 Å². The Morgan fingerprint density at radius 1 is 1.12 bits per heavy atom. The number of anilines is 1. The Bertz CT molecular complexity index is 1330. The SMILES string of the molecule is CC(=O)OCCS(=O)(=O)Nc1ccc(Cc2cc(C)c(C(=S)c3ccc(C)cc3)n2C)c(F)c1. The van der Waals surface area contributed by atoms with E-state index in [0.29, 0.717) is 12.0 Å². The van der Waals surface area contributed by atoms with E-state index < -0.39 is 27.6 Å². The highest BCUT2D eigenvalue weighted by molar-refractivity contribution is 7.92. The minimum atomic E-state index is -3.78. The Morgan fingerprint density at radius 3 is 2.41 bits per heavy atom. The summed E-state index contributed by atoms with van der Waals surface area (Å²) in [5.41, 5.74) is 5.43. The molecule has 1 aromatic heterocycles. The maximum absolute atomic E-state index is 14.8. The van der Waals surface area contributed by atoms with Crippen molar-refractivity contribution in [3.8, 4) is 0 Å². The van der Waals surface area contributed by atoms with E-state index in [0.717, 1.165) is 39.0 Å². The van der Waals surface area contributed by atoms with Gasteiger partial charge in [0.15, 0.2) is 0 Å². The highest BCUT2D eigenvalue weighted by atomic mass is 32.2. The summed E-state index contributed by atoms with van der Waals surface area (Å²) in [4.78, 5) is 11.5. The summed E-state index contributed by atoms with van der Waals surface area (Å²) in [6, 6.07) is 14.2. The molecule has 1 N–H and O–H groups in total. The minimum absolute atomic E-state index is 0.105. The van der Waals surface area contributed by atoms with Gasteiger partial charge in [-0.2, -0.15) is 0 Å². The fraction of sp³-hybridized carbons (Fsp3) is 0.280.